The summed E-state index contributed by atoms with van der Waals surface area (Å²) in [7, 11) is 5.59. The summed E-state index contributed by atoms with van der Waals surface area (Å²) in [6, 6.07) is 9.43. The van der Waals surface area contributed by atoms with Gasteiger partial charge in [0.25, 0.3) is 0 Å². The van der Waals surface area contributed by atoms with Gasteiger partial charge in [-0.25, -0.2) is 4.79 Å². The largest absolute Gasteiger partial charge is 0.348 e. The third kappa shape index (κ3) is 4.44. The van der Waals surface area contributed by atoms with E-state index < -0.39 is 5.41 Å². The second kappa shape index (κ2) is 8.70. The predicted molar refractivity (Wildman–Crippen MR) is 119 cm³/mol. The van der Waals surface area contributed by atoms with Gasteiger partial charge in [0.15, 0.2) is 0 Å². The number of anilines is 1. The molecule has 31 heavy (non-hydrogen) atoms. The monoisotopic (exact) mass is 424 g/mol. The van der Waals surface area contributed by atoms with Crippen molar-refractivity contribution in [3.8, 4) is 0 Å². The molecule has 0 radical (unpaired) electrons. The van der Waals surface area contributed by atoms with Crippen molar-refractivity contribution in [3.63, 3.8) is 0 Å². The third-order valence-corrected chi connectivity index (χ3v) is 6.57. The SMILES string of the molecule is CN(C)C(=O)[C@]12CCCN(C(=O)Nc3ccccc3)C[C@H]1CN(Cc1cnn(C)c1)C2. The summed E-state index contributed by atoms with van der Waals surface area (Å²) in [5, 5.41) is 7.28. The zero-order valence-corrected chi connectivity index (χ0v) is 18.6. The van der Waals surface area contributed by atoms with E-state index in [2.05, 4.69) is 15.3 Å². The molecular formula is C23H32N6O2. The van der Waals surface area contributed by atoms with Crippen LogP contribution in [0.15, 0.2) is 42.7 Å². The number of hydrogen-bond donors (Lipinski definition) is 1. The number of fused-ring (bicyclic) bond motifs is 1. The van der Waals surface area contributed by atoms with E-state index in [1.54, 1.807) is 9.58 Å². The van der Waals surface area contributed by atoms with Crippen LogP contribution in [0.5, 0.6) is 0 Å². The van der Waals surface area contributed by atoms with E-state index in [9.17, 15) is 9.59 Å². The van der Waals surface area contributed by atoms with Crippen LogP contribution in [0, 0.1) is 11.3 Å². The Bertz CT molecular complexity index is 927. The number of urea groups is 1. The van der Waals surface area contributed by atoms with Crippen LogP contribution in [-0.2, 0) is 18.4 Å². The molecule has 3 amide bonds. The molecule has 8 heteroatoms. The molecule has 1 aromatic heterocycles. The Morgan fingerprint density at radius 2 is 2.00 bits per heavy atom. The second-order valence-electron chi connectivity index (χ2n) is 9.09. The van der Waals surface area contributed by atoms with Gasteiger partial charge < -0.3 is 15.1 Å². The summed E-state index contributed by atoms with van der Waals surface area (Å²) in [5.74, 6) is 0.277. The van der Waals surface area contributed by atoms with Gasteiger partial charge in [0.05, 0.1) is 11.6 Å². The zero-order chi connectivity index (χ0) is 22.0. The number of carbonyl (C=O) groups excluding carboxylic acids is 2. The van der Waals surface area contributed by atoms with E-state index in [1.165, 1.54) is 0 Å². The first-order valence-corrected chi connectivity index (χ1v) is 10.9. The smallest absolute Gasteiger partial charge is 0.321 e. The highest BCUT2D eigenvalue weighted by Gasteiger charge is 2.53. The molecule has 2 aliphatic rings. The molecule has 0 spiro atoms. The summed E-state index contributed by atoms with van der Waals surface area (Å²) >= 11 is 0. The minimum Gasteiger partial charge on any atom is -0.348 e. The number of hydrogen-bond acceptors (Lipinski definition) is 4. The van der Waals surface area contributed by atoms with Gasteiger partial charge in [-0.15, -0.1) is 0 Å². The lowest BCUT2D eigenvalue weighted by Crippen LogP contribution is -2.48. The standard InChI is InChI=1S/C23H32N6O2/c1-26(2)21(30)23-10-7-11-29(22(31)25-20-8-5-4-6-9-20)16-19(23)15-28(17-23)14-18-12-24-27(3)13-18/h4-6,8-9,12-13,19H,7,10-11,14-17H2,1-3H3,(H,25,31)/t19-,23+/m1/s1. The quantitative estimate of drug-likeness (QED) is 0.817. The molecule has 2 aliphatic heterocycles. The highest BCUT2D eigenvalue weighted by Crippen LogP contribution is 2.44. The van der Waals surface area contributed by atoms with Crippen LogP contribution in [0.3, 0.4) is 0 Å². The Labute approximate surface area is 183 Å². The number of para-hydroxylation sites is 1. The lowest BCUT2D eigenvalue weighted by Gasteiger charge is -2.35. The molecule has 2 saturated heterocycles. The first-order valence-electron chi connectivity index (χ1n) is 10.9. The molecule has 0 saturated carbocycles. The minimum absolute atomic E-state index is 0.0926. The van der Waals surface area contributed by atoms with Gasteiger partial charge in [-0.1, -0.05) is 18.2 Å². The van der Waals surface area contributed by atoms with Gasteiger partial charge in [0.1, 0.15) is 0 Å². The summed E-state index contributed by atoms with van der Waals surface area (Å²) < 4.78 is 1.81. The van der Waals surface area contributed by atoms with E-state index in [0.717, 1.165) is 43.7 Å². The molecule has 1 N–H and O–H groups in total. The number of nitrogens with zero attached hydrogens (tertiary/aromatic N) is 5. The van der Waals surface area contributed by atoms with Crippen molar-refractivity contribution in [3.05, 3.63) is 48.3 Å². The molecule has 2 aromatic rings. The van der Waals surface area contributed by atoms with Crippen molar-refractivity contribution in [2.75, 3.05) is 45.6 Å². The number of benzene rings is 1. The lowest BCUT2D eigenvalue weighted by molar-refractivity contribution is -0.141. The molecule has 0 unspecified atom stereocenters. The summed E-state index contributed by atoms with van der Waals surface area (Å²) in [6.45, 7) is 3.53. The van der Waals surface area contributed by atoms with Crippen LogP contribution < -0.4 is 5.32 Å². The first kappa shape index (κ1) is 21.4. The van der Waals surface area contributed by atoms with Crippen molar-refractivity contribution >= 4 is 17.6 Å². The molecule has 0 aliphatic carbocycles. The minimum atomic E-state index is -0.451. The molecule has 3 heterocycles. The van der Waals surface area contributed by atoms with Crippen molar-refractivity contribution < 1.29 is 9.59 Å². The van der Waals surface area contributed by atoms with Crippen molar-refractivity contribution in [1.29, 1.82) is 0 Å². The number of amides is 3. The number of aromatic nitrogens is 2. The number of rotatable bonds is 4. The van der Waals surface area contributed by atoms with Gasteiger partial charge in [0.2, 0.25) is 5.91 Å². The van der Waals surface area contributed by atoms with Crippen LogP contribution in [0.25, 0.3) is 0 Å². The molecule has 2 atom stereocenters. The first-order chi connectivity index (χ1) is 14.9. The zero-order valence-electron chi connectivity index (χ0n) is 18.6. The predicted octanol–water partition coefficient (Wildman–Crippen LogP) is 2.25. The fraction of sp³-hybridized carbons (Fsp3) is 0.522. The fourth-order valence-corrected chi connectivity index (χ4v) is 5.17. The molecule has 0 bridgehead atoms. The molecule has 166 valence electrons. The number of nitrogens with one attached hydrogen (secondary N) is 1. The van der Waals surface area contributed by atoms with Crippen molar-refractivity contribution in [1.82, 2.24) is 24.5 Å². The summed E-state index contributed by atoms with van der Waals surface area (Å²) in [5.41, 5.74) is 1.48. The highest BCUT2D eigenvalue weighted by atomic mass is 16.2. The third-order valence-electron chi connectivity index (χ3n) is 6.57. The van der Waals surface area contributed by atoms with Crippen molar-refractivity contribution in [2.45, 2.75) is 19.4 Å². The maximum atomic E-state index is 13.4. The topological polar surface area (TPSA) is 73.7 Å². The second-order valence-corrected chi connectivity index (χ2v) is 9.09. The Balaban J connectivity index is 1.53. The van der Waals surface area contributed by atoms with Gasteiger partial charge in [-0.3, -0.25) is 14.4 Å². The molecule has 8 nitrogen and oxygen atoms in total. The Morgan fingerprint density at radius 1 is 1.23 bits per heavy atom. The average Bonchev–Trinajstić information content (AvgIpc) is 3.25. The fourth-order valence-electron chi connectivity index (χ4n) is 5.17. The summed E-state index contributed by atoms with van der Waals surface area (Å²) in [4.78, 5) is 32.3. The molecular weight excluding hydrogens is 392 g/mol. The number of likely N-dealkylation sites (tertiary alicyclic amines) is 2. The van der Waals surface area contributed by atoms with E-state index in [0.29, 0.717) is 13.1 Å². The Hall–Kier alpha value is -2.87. The van der Waals surface area contributed by atoms with Crippen LogP contribution >= 0.6 is 0 Å². The lowest BCUT2D eigenvalue weighted by atomic mass is 9.74. The van der Waals surface area contributed by atoms with E-state index in [-0.39, 0.29) is 17.9 Å². The van der Waals surface area contributed by atoms with Crippen LogP contribution in [0.2, 0.25) is 0 Å². The van der Waals surface area contributed by atoms with Gasteiger partial charge in [-0.2, -0.15) is 5.10 Å². The van der Waals surface area contributed by atoms with Gasteiger partial charge in [0, 0.05) is 77.2 Å². The van der Waals surface area contributed by atoms with E-state index in [4.69, 9.17) is 0 Å². The highest BCUT2D eigenvalue weighted by molar-refractivity contribution is 5.89. The normalized spacial score (nSPS) is 23.8. The number of aryl methyl sites for hydroxylation is 1. The van der Waals surface area contributed by atoms with Crippen LogP contribution in [0.1, 0.15) is 18.4 Å². The van der Waals surface area contributed by atoms with Crippen LogP contribution in [0.4, 0.5) is 10.5 Å². The molecule has 4 rings (SSSR count). The maximum Gasteiger partial charge on any atom is 0.321 e. The average molecular weight is 425 g/mol. The van der Waals surface area contributed by atoms with E-state index in [1.807, 2.05) is 68.8 Å². The number of carbonyl (C=O) groups is 2. The Kier molecular flexibility index (Phi) is 6.00. The maximum absolute atomic E-state index is 13.4. The summed E-state index contributed by atoms with van der Waals surface area (Å²) in [6.07, 6.45) is 5.52. The van der Waals surface area contributed by atoms with Gasteiger partial charge >= 0.3 is 6.03 Å². The van der Waals surface area contributed by atoms with Gasteiger partial charge in [-0.05, 0) is 25.0 Å². The van der Waals surface area contributed by atoms with E-state index >= 15 is 0 Å². The molecule has 2 fully saturated rings. The van der Waals surface area contributed by atoms with Crippen molar-refractivity contribution in [2.24, 2.45) is 18.4 Å². The van der Waals surface area contributed by atoms with Crippen LogP contribution in [-0.4, -0.2) is 76.7 Å². The molecule has 1 aromatic carbocycles. The Morgan fingerprint density at radius 3 is 2.68 bits per heavy atom.